The van der Waals surface area contributed by atoms with E-state index in [9.17, 15) is 9.59 Å². The number of hydrogen-bond donors (Lipinski definition) is 0. The van der Waals surface area contributed by atoms with E-state index in [1.54, 1.807) is 0 Å². The van der Waals surface area contributed by atoms with Gasteiger partial charge < -0.3 is 20.3 Å². The maximum absolute atomic E-state index is 9.28. The van der Waals surface area contributed by atoms with Gasteiger partial charge in [-0.2, -0.15) is 0 Å². The first-order valence-corrected chi connectivity index (χ1v) is 2.15. The summed E-state index contributed by atoms with van der Waals surface area (Å²) in [6.45, 7) is 2.10. The van der Waals surface area contributed by atoms with Crippen LogP contribution in [0.2, 0.25) is 0 Å². The van der Waals surface area contributed by atoms with Gasteiger partial charge in [0.05, 0.1) is 0 Å². The molecular weight excluding hydrogens is 168 g/mol. The molecule has 0 amide bonds. The van der Waals surface area contributed by atoms with Crippen LogP contribution in [-0.2, 0) is 19.4 Å². The van der Waals surface area contributed by atoms with Crippen LogP contribution in [0.15, 0.2) is 0 Å². The van der Waals surface area contributed by atoms with Crippen molar-refractivity contribution in [2.45, 2.75) is 13.8 Å². The van der Waals surface area contributed by atoms with Crippen LogP contribution < -0.4 is 10.5 Å². The summed E-state index contributed by atoms with van der Waals surface area (Å²) in [6.07, 6.45) is 0. The van der Waals surface area contributed by atoms with Crippen LogP contribution in [0.1, 0.15) is 13.8 Å². The third kappa shape index (κ3) is 42.6. The second-order valence-electron chi connectivity index (χ2n) is 1.15. The molecule has 6 nitrogen and oxygen atoms in total. The maximum atomic E-state index is 9.28. The van der Waals surface area contributed by atoms with Crippen molar-refractivity contribution in [3.63, 3.8) is 0 Å². The van der Waals surface area contributed by atoms with Crippen molar-refractivity contribution < 1.29 is 29.9 Å². The van der Waals surface area contributed by atoms with Gasteiger partial charge in [-0.15, -0.1) is 0 Å². The average molecular weight is 174 g/mol. The van der Waals surface area contributed by atoms with Crippen molar-refractivity contribution in [3.8, 4) is 0 Å². The number of rotatable bonds is 0. The third-order valence-corrected chi connectivity index (χ3v) is 0.235. The van der Waals surface area contributed by atoms with E-state index in [2.05, 4.69) is 9.78 Å². The first kappa shape index (κ1) is 16.9. The van der Waals surface area contributed by atoms with Gasteiger partial charge in [-0.3, -0.25) is 9.59 Å². The molecule has 0 unspecified atom stereocenters. The normalized spacial score (nSPS) is 6.18. The molecule has 0 aliphatic carbocycles. The van der Waals surface area contributed by atoms with Crippen molar-refractivity contribution in [3.05, 3.63) is 0 Å². The average Bonchev–Trinajstić information content (AvgIpc) is 1.89. The Hall–Kier alpha value is -0.374. The third-order valence-electron chi connectivity index (χ3n) is 0.235. The smallest absolute Gasteiger partial charge is 0.662 e. The van der Waals surface area contributed by atoms with Crippen LogP contribution >= 0.6 is 0 Å². The molecule has 0 atom stereocenters. The fourth-order valence-corrected chi connectivity index (χ4v) is 0. The van der Waals surface area contributed by atoms with Gasteiger partial charge in [0.2, 0.25) is 0 Å². The zero-order valence-electron chi connectivity index (χ0n) is 6.16. The molecule has 0 heterocycles. The summed E-state index contributed by atoms with van der Waals surface area (Å²) in [7, 11) is 0. The first-order chi connectivity index (χ1) is 4.54. The van der Waals surface area contributed by atoms with Crippen LogP contribution in [0.3, 0.4) is 0 Å². The molecule has 0 bridgehead atoms. The van der Waals surface area contributed by atoms with E-state index in [0.29, 0.717) is 0 Å². The summed E-state index contributed by atoms with van der Waals surface area (Å²) in [5, 5.41) is 17.6. The Morgan fingerprint density at radius 3 is 1.09 bits per heavy atom. The van der Waals surface area contributed by atoms with Crippen LogP contribution in [0, 0.1) is 0 Å². The van der Waals surface area contributed by atoms with Crippen molar-refractivity contribution in [2.75, 3.05) is 0 Å². The molecule has 0 rings (SSSR count). The van der Waals surface area contributed by atoms with Crippen molar-refractivity contribution in [1.29, 1.82) is 0 Å². The molecule has 0 aromatic rings. The summed E-state index contributed by atoms with van der Waals surface area (Å²) < 4.78 is 0. The summed E-state index contributed by atoms with van der Waals surface area (Å²) in [4.78, 5) is 24.3. The van der Waals surface area contributed by atoms with Gasteiger partial charge in [-0.1, -0.05) is 0 Å². The Kier molecular flexibility index (Phi) is 19.0. The summed E-state index contributed by atoms with van der Waals surface area (Å²) >= 11 is 0. The molecule has 0 spiro atoms. The Bertz CT molecular complexity index is 99.1. The molecule has 7 heteroatoms. The number of carbonyl (C=O) groups is 2. The quantitative estimate of drug-likeness (QED) is 0.225. The summed E-state index contributed by atoms with van der Waals surface area (Å²) in [6, 6.07) is 0. The Labute approximate surface area is 79.1 Å². The van der Waals surface area contributed by atoms with Crippen LogP contribution in [0.5, 0.6) is 0 Å². The molecule has 0 radical (unpaired) electrons. The molecule has 0 aromatic carbocycles. The van der Waals surface area contributed by atoms with Gasteiger partial charge in [0.25, 0.3) is 11.9 Å². The van der Waals surface area contributed by atoms with Crippen molar-refractivity contribution >= 4 is 35.0 Å². The Morgan fingerprint density at radius 1 is 1.00 bits per heavy atom. The fraction of sp³-hybridized carbons (Fsp3) is 0.500. The fourth-order valence-electron chi connectivity index (χ4n) is 0. The van der Waals surface area contributed by atoms with Gasteiger partial charge in [0.1, 0.15) is 0 Å². The van der Waals surface area contributed by atoms with E-state index >= 15 is 0 Å². The zero-order valence-corrected chi connectivity index (χ0v) is 7.57. The Balaban J connectivity index is -0.000000107. The summed E-state index contributed by atoms with van der Waals surface area (Å²) in [5.74, 6) is -1.60. The van der Waals surface area contributed by atoms with E-state index < -0.39 is 11.9 Å². The molecule has 0 aliphatic heterocycles. The number of hydrogen-bond acceptors (Lipinski definition) is 6. The minimum atomic E-state index is -0.801. The molecule has 0 fully saturated rings. The Morgan fingerprint density at radius 2 is 1.09 bits per heavy atom. The maximum Gasteiger partial charge on any atom is 2.00 e. The van der Waals surface area contributed by atoms with E-state index in [1.807, 2.05) is 0 Å². The minimum absolute atomic E-state index is 0. The second kappa shape index (κ2) is 12.3. The predicted molar refractivity (Wildman–Crippen MR) is 29.3 cm³/mol. The second-order valence-corrected chi connectivity index (χ2v) is 1.15. The van der Waals surface area contributed by atoms with Gasteiger partial charge in [0, 0.05) is 13.8 Å². The van der Waals surface area contributed by atoms with E-state index in [1.165, 1.54) is 0 Å². The molecule has 60 valence electrons. The molecule has 0 saturated heterocycles. The monoisotopic (exact) mass is 174 g/mol. The van der Waals surface area contributed by atoms with Gasteiger partial charge in [0.15, 0.2) is 0 Å². The van der Waals surface area contributed by atoms with Gasteiger partial charge in [-0.05, 0) is 0 Å². The first-order valence-electron chi connectivity index (χ1n) is 2.15. The topological polar surface area (TPSA) is 98.7 Å². The van der Waals surface area contributed by atoms with Crippen molar-refractivity contribution in [1.82, 2.24) is 0 Å². The van der Waals surface area contributed by atoms with Gasteiger partial charge >= 0.3 is 23.1 Å². The van der Waals surface area contributed by atoms with Crippen LogP contribution in [0.4, 0.5) is 0 Å². The molecule has 0 saturated carbocycles. The number of carbonyl (C=O) groups excluding carboxylic acids is 2. The van der Waals surface area contributed by atoms with E-state index in [-0.39, 0.29) is 23.1 Å². The van der Waals surface area contributed by atoms with Crippen LogP contribution in [0.25, 0.3) is 0 Å². The molecule has 11 heavy (non-hydrogen) atoms. The largest absolute Gasteiger partial charge is 2.00 e. The standard InChI is InChI=1S/2C2H4O3.Mg/c2*1-2(3)5-4;/h2*4H,1H3;/q;;+2/p-2. The SMILES string of the molecule is CC(=O)O[O-].CC(=O)O[O-].[Mg+2]. The molecule has 0 N–H and O–H groups in total. The van der Waals surface area contributed by atoms with E-state index in [4.69, 9.17) is 10.5 Å². The minimum Gasteiger partial charge on any atom is -0.662 e. The molecule has 0 aromatic heterocycles. The van der Waals surface area contributed by atoms with Gasteiger partial charge in [-0.25, -0.2) is 0 Å². The predicted octanol–water partition coefficient (Wildman–Crippen LogP) is -2.73. The van der Waals surface area contributed by atoms with E-state index in [0.717, 1.165) is 13.8 Å². The zero-order chi connectivity index (χ0) is 8.57. The molecule has 0 aliphatic rings. The van der Waals surface area contributed by atoms with Crippen molar-refractivity contribution in [2.24, 2.45) is 0 Å². The van der Waals surface area contributed by atoms with Crippen LogP contribution in [-0.4, -0.2) is 35.0 Å². The summed E-state index contributed by atoms with van der Waals surface area (Å²) in [5.41, 5.74) is 0. The molecular formula is C4H6MgO6.